The Bertz CT molecular complexity index is 715. The number of hydrogen-bond acceptors (Lipinski definition) is 3. The van der Waals surface area contributed by atoms with Gasteiger partial charge in [-0.3, -0.25) is 4.79 Å². The zero-order chi connectivity index (χ0) is 16.6. The van der Waals surface area contributed by atoms with Crippen LogP contribution >= 0.6 is 11.6 Å². The molecule has 0 bridgehead atoms. The minimum atomic E-state index is -0.0217. The quantitative estimate of drug-likeness (QED) is 0.828. The fraction of sp³-hybridized carbons (Fsp3) is 0.389. The largest absolute Gasteiger partial charge is 0.460 e. The Morgan fingerprint density at radius 2 is 1.87 bits per heavy atom. The van der Waals surface area contributed by atoms with E-state index in [2.05, 4.69) is 0 Å². The average Bonchev–Trinajstić information content (AvgIpc) is 2.87. The van der Waals surface area contributed by atoms with Crippen LogP contribution in [0.5, 0.6) is 0 Å². The Morgan fingerprint density at radius 1 is 1.22 bits per heavy atom. The number of ether oxygens (including phenoxy) is 1. The summed E-state index contributed by atoms with van der Waals surface area (Å²) in [5.74, 6) is 1.20. The van der Waals surface area contributed by atoms with Crippen LogP contribution in [0.25, 0.3) is 11.3 Å². The molecule has 0 saturated carbocycles. The molecule has 2 aromatic rings. The van der Waals surface area contributed by atoms with Gasteiger partial charge in [-0.15, -0.1) is 0 Å². The molecule has 1 saturated heterocycles. The van der Waals surface area contributed by atoms with Crippen molar-refractivity contribution in [1.82, 2.24) is 4.90 Å². The van der Waals surface area contributed by atoms with Crippen LogP contribution in [0.2, 0.25) is 5.02 Å². The molecule has 1 aliphatic heterocycles. The van der Waals surface area contributed by atoms with Crippen molar-refractivity contribution in [2.24, 2.45) is 0 Å². The summed E-state index contributed by atoms with van der Waals surface area (Å²) in [6.45, 7) is 6.95. The van der Waals surface area contributed by atoms with Gasteiger partial charge in [-0.25, -0.2) is 0 Å². The highest BCUT2D eigenvalue weighted by Gasteiger charge is 2.29. The zero-order valence-electron chi connectivity index (χ0n) is 13.5. The van der Waals surface area contributed by atoms with E-state index < -0.39 is 0 Å². The van der Waals surface area contributed by atoms with E-state index in [1.165, 1.54) is 0 Å². The summed E-state index contributed by atoms with van der Waals surface area (Å²) in [4.78, 5) is 14.6. The molecule has 0 radical (unpaired) electrons. The topological polar surface area (TPSA) is 42.7 Å². The highest BCUT2D eigenvalue weighted by molar-refractivity contribution is 6.33. The van der Waals surface area contributed by atoms with Crippen LogP contribution < -0.4 is 0 Å². The molecule has 0 aliphatic carbocycles. The van der Waals surface area contributed by atoms with Crippen LogP contribution in [0.15, 0.2) is 34.7 Å². The predicted octanol–water partition coefficient (Wildman–Crippen LogP) is 4.16. The molecule has 122 valence electrons. The number of benzene rings is 1. The summed E-state index contributed by atoms with van der Waals surface area (Å²) >= 11 is 6.21. The summed E-state index contributed by atoms with van der Waals surface area (Å²) in [7, 11) is 0. The average molecular weight is 334 g/mol. The number of rotatable bonds is 2. The van der Waals surface area contributed by atoms with Crippen LogP contribution in [0.1, 0.15) is 30.0 Å². The van der Waals surface area contributed by atoms with Crippen LogP contribution in [0, 0.1) is 6.92 Å². The summed E-state index contributed by atoms with van der Waals surface area (Å²) < 4.78 is 11.5. The number of nitrogens with zero attached hydrogens (tertiary/aromatic N) is 1. The van der Waals surface area contributed by atoms with E-state index in [0.29, 0.717) is 35.2 Å². The standard InChI is InChI=1S/C18H20ClNO3/c1-11-9-20(10-12(2)22-11)18(21)15-8-17(23-13(15)3)14-6-4-5-7-16(14)19/h4-8,11-12H,9-10H2,1-3H3. The van der Waals surface area contributed by atoms with Gasteiger partial charge in [0.1, 0.15) is 11.5 Å². The molecule has 1 aromatic heterocycles. The fourth-order valence-electron chi connectivity index (χ4n) is 3.00. The third-order valence-corrected chi connectivity index (χ3v) is 4.32. The van der Waals surface area contributed by atoms with E-state index in [1.54, 1.807) is 13.0 Å². The van der Waals surface area contributed by atoms with E-state index >= 15 is 0 Å². The molecular formula is C18H20ClNO3. The first kappa shape index (κ1) is 16.1. The maximum absolute atomic E-state index is 12.8. The molecule has 1 aliphatic rings. The van der Waals surface area contributed by atoms with E-state index in [9.17, 15) is 4.79 Å². The molecule has 2 atom stereocenters. The summed E-state index contributed by atoms with van der Waals surface area (Å²) in [5.41, 5.74) is 1.38. The number of hydrogen-bond donors (Lipinski definition) is 0. The number of furan rings is 1. The van der Waals surface area contributed by atoms with Gasteiger partial charge in [-0.05, 0) is 39.0 Å². The van der Waals surface area contributed by atoms with Gasteiger partial charge in [-0.1, -0.05) is 23.7 Å². The molecule has 5 heteroatoms. The number of aryl methyl sites for hydroxylation is 1. The van der Waals surface area contributed by atoms with E-state index in [-0.39, 0.29) is 18.1 Å². The van der Waals surface area contributed by atoms with Crippen molar-refractivity contribution in [3.63, 3.8) is 0 Å². The molecule has 2 heterocycles. The Balaban J connectivity index is 1.89. The van der Waals surface area contributed by atoms with Crippen molar-refractivity contribution in [2.75, 3.05) is 13.1 Å². The maximum atomic E-state index is 12.8. The van der Waals surface area contributed by atoms with Crippen LogP contribution in [-0.2, 0) is 4.74 Å². The number of morpholine rings is 1. The molecule has 0 spiro atoms. The van der Waals surface area contributed by atoms with E-state index in [4.69, 9.17) is 20.8 Å². The summed E-state index contributed by atoms with van der Waals surface area (Å²) in [6, 6.07) is 9.23. The lowest BCUT2D eigenvalue weighted by molar-refractivity contribution is -0.0586. The van der Waals surface area contributed by atoms with Crippen LogP contribution in [0.4, 0.5) is 0 Å². The van der Waals surface area contributed by atoms with Gasteiger partial charge in [0.15, 0.2) is 0 Å². The molecule has 3 rings (SSSR count). The number of amides is 1. The summed E-state index contributed by atoms with van der Waals surface area (Å²) in [5, 5.41) is 0.605. The van der Waals surface area contributed by atoms with Crippen molar-refractivity contribution < 1.29 is 13.9 Å². The highest BCUT2D eigenvalue weighted by Crippen LogP contribution is 2.31. The van der Waals surface area contributed by atoms with Crippen molar-refractivity contribution in [2.45, 2.75) is 33.0 Å². The first-order chi connectivity index (χ1) is 11.0. The summed E-state index contributed by atoms with van der Waals surface area (Å²) in [6.07, 6.45) is 0.0795. The Kier molecular flexibility index (Phi) is 4.46. The van der Waals surface area contributed by atoms with E-state index in [1.807, 2.05) is 43.0 Å². The van der Waals surface area contributed by atoms with Crippen LogP contribution in [0.3, 0.4) is 0 Å². The maximum Gasteiger partial charge on any atom is 0.257 e. The minimum absolute atomic E-state index is 0.0217. The van der Waals surface area contributed by atoms with Crippen molar-refractivity contribution in [3.05, 3.63) is 46.7 Å². The Hall–Kier alpha value is -1.78. The molecule has 23 heavy (non-hydrogen) atoms. The first-order valence-electron chi connectivity index (χ1n) is 7.75. The Labute approximate surface area is 141 Å². The Morgan fingerprint density at radius 3 is 2.52 bits per heavy atom. The molecule has 1 amide bonds. The predicted molar refractivity (Wildman–Crippen MR) is 89.8 cm³/mol. The second-order valence-electron chi connectivity index (χ2n) is 6.03. The van der Waals surface area contributed by atoms with Gasteiger partial charge in [0.25, 0.3) is 5.91 Å². The molecule has 2 unspecified atom stereocenters. The normalized spacial score (nSPS) is 21.5. The molecular weight excluding hydrogens is 314 g/mol. The third kappa shape index (κ3) is 3.28. The number of carbonyl (C=O) groups excluding carboxylic acids is 1. The highest BCUT2D eigenvalue weighted by atomic mass is 35.5. The lowest BCUT2D eigenvalue weighted by Gasteiger charge is -2.35. The molecule has 1 fully saturated rings. The molecule has 0 N–H and O–H groups in total. The molecule has 1 aromatic carbocycles. The van der Waals surface area contributed by atoms with Gasteiger partial charge in [0.2, 0.25) is 0 Å². The second-order valence-corrected chi connectivity index (χ2v) is 6.44. The monoisotopic (exact) mass is 333 g/mol. The van der Waals surface area contributed by atoms with Gasteiger partial charge >= 0.3 is 0 Å². The zero-order valence-corrected chi connectivity index (χ0v) is 14.3. The van der Waals surface area contributed by atoms with Gasteiger partial charge < -0.3 is 14.1 Å². The van der Waals surface area contributed by atoms with Gasteiger partial charge in [0, 0.05) is 18.7 Å². The lowest BCUT2D eigenvalue weighted by Crippen LogP contribution is -2.48. The first-order valence-corrected chi connectivity index (χ1v) is 8.13. The van der Waals surface area contributed by atoms with Crippen molar-refractivity contribution in [3.8, 4) is 11.3 Å². The smallest absolute Gasteiger partial charge is 0.257 e. The van der Waals surface area contributed by atoms with Gasteiger partial charge in [-0.2, -0.15) is 0 Å². The van der Waals surface area contributed by atoms with E-state index in [0.717, 1.165) is 5.56 Å². The fourth-order valence-corrected chi connectivity index (χ4v) is 3.23. The third-order valence-electron chi connectivity index (χ3n) is 3.99. The van der Waals surface area contributed by atoms with Crippen molar-refractivity contribution in [1.29, 1.82) is 0 Å². The van der Waals surface area contributed by atoms with Crippen LogP contribution in [-0.4, -0.2) is 36.1 Å². The van der Waals surface area contributed by atoms with Gasteiger partial charge in [0.05, 0.1) is 22.8 Å². The number of halogens is 1. The number of carbonyl (C=O) groups is 1. The van der Waals surface area contributed by atoms with Crippen molar-refractivity contribution >= 4 is 17.5 Å². The lowest BCUT2D eigenvalue weighted by atomic mass is 10.1. The SMILES string of the molecule is Cc1oc(-c2ccccc2Cl)cc1C(=O)N1CC(C)OC(C)C1. The second kappa shape index (κ2) is 6.38. The molecule has 4 nitrogen and oxygen atoms in total. The minimum Gasteiger partial charge on any atom is -0.460 e.